The minimum absolute atomic E-state index is 0.602. The van der Waals surface area contributed by atoms with Gasteiger partial charge in [0.2, 0.25) is 0 Å². The van der Waals surface area contributed by atoms with Gasteiger partial charge in [0.1, 0.15) is 11.5 Å². The molecule has 0 spiro atoms. The summed E-state index contributed by atoms with van der Waals surface area (Å²) >= 11 is 0. The lowest BCUT2D eigenvalue weighted by atomic mass is 9.83. The molecule has 2 aromatic carbocycles. The molecule has 1 saturated carbocycles. The Morgan fingerprint density at radius 3 is 2.15 bits per heavy atom. The van der Waals surface area contributed by atoms with Gasteiger partial charge in [-0.3, -0.25) is 0 Å². The Hall–Kier alpha value is -2.36. The van der Waals surface area contributed by atoms with Gasteiger partial charge in [0.15, 0.2) is 0 Å². The van der Waals surface area contributed by atoms with Gasteiger partial charge in [0.25, 0.3) is 0 Å². The highest BCUT2D eigenvalue weighted by Gasteiger charge is 2.22. The lowest BCUT2D eigenvalue weighted by Gasteiger charge is -2.28. The van der Waals surface area contributed by atoms with Crippen LogP contribution in [0.1, 0.15) is 36.8 Å². The maximum absolute atomic E-state index is 6.09. The summed E-state index contributed by atoms with van der Waals surface area (Å²) in [6.45, 7) is 5.55. The van der Waals surface area contributed by atoms with E-state index in [1.807, 2.05) is 50.2 Å². The molecular weight excluding hydrogens is 324 g/mol. The number of nitrogen functional groups attached to an aromatic ring is 2. The Balaban J connectivity index is 1.41. The summed E-state index contributed by atoms with van der Waals surface area (Å²) in [6.07, 6.45) is 4.73. The molecule has 0 saturated heterocycles. The second kappa shape index (κ2) is 8.35. The zero-order valence-corrected chi connectivity index (χ0v) is 15.8. The second-order valence-electron chi connectivity index (χ2n) is 7.51. The fourth-order valence-corrected chi connectivity index (χ4v) is 3.50. The molecule has 0 atom stereocenters. The molecule has 0 unspecified atom stereocenters. The molecule has 0 aromatic heterocycles. The Morgan fingerprint density at radius 1 is 0.846 bits per heavy atom. The first-order valence-corrected chi connectivity index (χ1v) is 9.49. The topological polar surface area (TPSA) is 70.5 Å². The first kappa shape index (κ1) is 18.4. The molecule has 140 valence electrons. The quantitative estimate of drug-likeness (QED) is 0.736. The fraction of sp³-hybridized carbons (Fsp3) is 0.455. The third kappa shape index (κ3) is 4.63. The third-order valence-electron chi connectivity index (χ3n) is 5.45. The van der Waals surface area contributed by atoms with Gasteiger partial charge >= 0.3 is 0 Å². The number of anilines is 2. The van der Waals surface area contributed by atoms with Crippen LogP contribution in [0.15, 0.2) is 36.4 Å². The van der Waals surface area contributed by atoms with Crippen molar-refractivity contribution in [3.63, 3.8) is 0 Å². The summed E-state index contributed by atoms with van der Waals surface area (Å²) in [4.78, 5) is 0. The summed E-state index contributed by atoms with van der Waals surface area (Å²) in [5.74, 6) is 2.95. The van der Waals surface area contributed by atoms with E-state index in [9.17, 15) is 0 Å². The Kier molecular flexibility index (Phi) is 5.92. The van der Waals surface area contributed by atoms with Crippen LogP contribution >= 0.6 is 0 Å². The standard InChI is InChI=1S/C22H30N2O2/c1-15-4-3-5-21(22(15)24)26-14-18-8-6-17(7-9-18)13-25-19-10-11-20(23)16(2)12-19/h3-5,10-12,17-18H,6-9,13-14,23-24H2,1-2H3. The molecule has 4 heteroatoms. The minimum atomic E-state index is 0.602. The average Bonchev–Trinajstić information content (AvgIpc) is 2.65. The van der Waals surface area contributed by atoms with Gasteiger partial charge in [-0.05, 0) is 86.8 Å². The molecule has 2 aromatic rings. The Bertz CT molecular complexity index is 737. The molecule has 0 aliphatic heterocycles. The van der Waals surface area contributed by atoms with E-state index in [0.29, 0.717) is 11.8 Å². The number of nitrogens with two attached hydrogens (primary N) is 2. The van der Waals surface area contributed by atoms with Crippen LogP contribution in [0.5, 0.6) is 11.5 Å². The monoisotopic (exact) mass is 354 g/mol. The number of para-hydroxylation sites is 1. The molecule has 3 rings (SSSR count). The number of rotatable bonds is 6. The number of benzene rings is 2. The van der Waals surface area contributed by atoms with Crippen molar-refractivity contribution in [1.29, 1.82) is 0 Å². The molecule has 0 amide bonds. The normalized spacial score (nSPS) is 19.9. The van der Waals surface area contributed by atoms with Crippen molar-refractivity contribution in [3.05, 3.63) is 47.5 Å². The van der Waals surface area contributed by atoms with Gasteiger partial charge < -0.3 is 20.9 Å². The van der Waals surface area contributed by atoms with E-state index >= 15 is 0 Å². The van der Waals surface area contributed by atoms with Crippen molar-refractivity contribution in [3.8, 4) is 11.5 Å². The largest absolute Gasteiger partial charge is 0.493 e. The highest BCUT2D eigenvalue weighted by Crippen LogP contribution is 2.31. The molecule has 0 bridgehead atoms. The Labute approximate surface area is 156 Å². The van der Waals surface area contributed by atoms with Crippen LogP contribution < -0.4 is 20.9 Å². The predicted molar refractivity (Wildman–Crippen MR) is 108 cm³/mol. The van der Waals surface area contributed by atoms with Crippen LogP contribution in [-0.4, -0.2) is 13.2 Å². The van der Waals surface area contributed by atoms with E-state index in [-0.39, 0.29) is 0 Å². The maximum atomic E-state index is 6.09. The second-order valence-corrected chi connectivity index (χ2v) is 7.51. The molecule has 1 aliphatic carbocycles. The molecule has 0 heterocycles. The lowest BCUT2D eigenvalue weighted by molar-refractivity contribution is 0.148. The van der Waals surface area contributed by atoms with E-state index in [0.717, 1.165) is 47.2 Å². The molecule has 4 nitrogen and oxygen atoms in total. The number of hydrogen-bond acceptors (Lipinski definition) is 4. The van der Waals surface area contributed by atoms with Crippen molar-refractivity contribution in [2.45, 2.75) is 39.5 Å². The fourth-order valence-electron chi connectivity index (χ4n) is 3.50. The van der Waals surface area contributed by atoms with Gasteiger partial charge in [-0.1, -0.05) is 12.1 Å². The molecule has 4 N–H and O–H groups in total. The van der Waals surface area contributed by atoms with Gasteiger partial charge in [0, 0.05) is 5.69 Å². The summed E-state index contributed by atoms with van der Waals surface area (Å²) in [6, 6.07) is 11.8. The van der Waals surface area contributed by atoms with Crippen molar-refractivity contribution in [2.24, 2.45) is 11.8 Å². The summed E-state index contributed by atoms with van der Waals surface area (Å²) < 4.78 is 11.9. The van der Waals surface area contributed by atoms with E-state index < -0.39 is 0 Å². The SMILES string of the molecule is Cc1cc(OCC2CCC(COc3cccc(C)c3N)CC2)ccc1N. The van der Waals surface area contributed by atoms with Crippen LogP contribution in [0.2, 0.25) is 0 Å². The van der Waals surface area contributed by atoms with Crippen molar-refractivity contribution in [1.82, 2.24) is 0 Å². The van der Waals surface area contributed by atoms with E-state index in [2.05, 4.69) is 0 Å². The van der Waals surface area contributed by atoms with Gasteiger partial charge in [-0.25, -0.2) is 0 Å². The van der Waals surface area contributed by atoms with Crippen LogP contribution in [0.4, 0.5) is 11.4 Å². The van der Waals surface area contributed by atoms with Gasteiger partial charge in [-0.15, -0.1) is 0 Å². The van der Waals surface area contributed by atoms with Crippen molar-refractivity contribution in [2.75, 3.05) is 24.7 Å². The van der Waals surface area contributed by atoms with Crippen molar-refractivity contribution >= 4 is 11.4 Å². The van der Waals surface area contributed by atoms with E-state index in [1.54, 1.807) is 0 Å². The van der Waals surface area contributed by atoms with E-state index in [4.69, 9.17) is 20.9 Å². The summed E-state index contributed by atoms with van der Waals surface area (Å²) in [7, 11) is 0. The summed E-state index contributed by atoms with van der Waals surface area (Å²) in [5.41, 5.74) is 15.7. The van der Waals surface area contributed by atoms with Crippen LogP contribution in [0.3, 0.4) is 0 Å². The zero-order chi connectivity index (χ0) is 18.5. The smallest absolute Gasteiger partial charge is 0.142 e. The maximum Gasteiger partial charge on any atom is 0.142 e. The van der Waals surface area contributed by atoms with Crippen LogP contribution in [-0.2, 0) is 0 Å². The average molecular weight is 354 g/mol. The van der Waals surface area contributed by atoms with Crippen molar-refractivity contribution < 1.29 is 9.47 Å². The zero-order valence-electron chi connectivity index (χ0n) is 15.8. The molecule has 1 aliphatic rings. The van der Waals surface area contributed by atoms with Crippen LogP contribution in [0, 0.1) is 25.7 Å². The first-order valence-electron chi connectivity index (χ1n) is 9.49. The number of hydrogen-bond donors (Lipinski definition) is 2. The first-order chi connectivity index (χ1) is 12.5. The van der Waals surface area contributed by atoms with Gasteiger partial charge in [-0.2, -0.15) is 0 Å². The van der Waals surface area contributed by atoms with Crippen LogP contribution in [0.25, 0.3) is 0 Å². The lowest BCUT2D eigenvalue weighted by Crippen LogP contribution is -2.23. The Morgan fingerprint density at radius 2 is 1.50 bits per heavy atom. The number of ether oxygens (including phenoxy) is 2. The van der Waals surface area contributed by atoms with E-state index in [1.165, 1.54) is 25.7 Å². The molecular formula is C22H30N2O2. The predicted octanol–water partition coefficient (Wildman–Crippen LogP) is 4.73. The van der Waals surface area contributed by atoms with Gasteiger partial charge in [0.05, 0.1) is 18.9 Å². The molecule has 1 fully saturated rings. The third-order valence-corrected chi connectivity index (χ3v) is 5.45. The number of aryl methyl sites for hydroxylation is 2. The summed E-state index contributed by atoms with van der Waals surface area (Å²) in [5, 5.41) is 0. The highest BCUT2D eigenvalue weighted by molar-refractivity contribution is 5.57. The molecule has 0 radical (unpaired) electrons. The minimum Gasteiger partial charge on any atom is -0.493 e. The highest BCUT2D eigenvalue weighted by atomic mass is 16.5. The molecule has 26 heavy (non-hydrogen) atoms.